The van der Waals surface area contributed by atoms with E-state index in [2.05, 4.69) is 10.3 Å². The summed E-state index contributed by atoms with van der Waals surface area (Å²) in [5.41, 5.74) is 1.74. The summed E-state index contributed by atoms with van der Waals surface area (Å²) < 4.78 is 10.3. The van der Waals surface area contributed by atoms with Crippen LogP contribution in [0.2, 0.25) is 0 Å². The molecule has 124 valence electrons. The molecule has 11 heteroatoms. The van der Waals surface area contributed by atoms with Crippen molar-refractivity contribution in [3.05, 3.63) is 0 Å². The van der Waals surface area contributed by atoms with Crippen molar-refractivity contribution in [2.75, 3.05) is 6.61 Å². The average Bonchev–Trinajstić information content (AvgIpc) is 2.45. The molecule has 1 saturated carbocycles. The molecule has 1 aliphatic carbocycles. The van der Waals surface area contributed by atoms with Gasteiger partial charge in [0.1, 0.15) is 29.5 Å². The molecule has 1 spiro atoms. The van der Waals surface area contributed by atoms with E-state index in [0.717, 1.165) is 0 Å². The van der Waals surface area contributed by atoms with E-state index in [1.165, 1.54) is 0 Å². The summed E-state index contributed by atoms with van der Waals surface area (Å²) in [7, 11) is 0. The van der Waals surface area contributed by atoms with Crippen LogP contribution in [-0.2, 0) is 9.47 Å². The van der Waals surface area contributed by atoms with Gasteiger partial charge in [-0.05, 0) is 0 Å². The van der Waals surface area contributed by atoms with Crippen LogP contribution in [0.1, 0.15) is 0 Å². The lowest BCUT2D eigenvalue weighted by molar-refractivity contribution is -0.548. The van der Waals surface area contributed by atoms with Crippen LogP contribution in [0.5, 0.6) is 0 Å². The number of nitrogens with zero attached hydrogens (tertiary/aromatic N) is 1. The number of rotatable bonds is 1. The molecule has 4 heterocycles. The van der Waals surface area contributed by atoms with E-state index in [0.29, 0.717) is 0 Å². The van der Waals surface area contributed by atoms with Gasteiger partial charge in [-0.15, -0.1) is 0 Å². The SMILES string of the molecule is NC1=N[C@H](O)C2C3O[C@]4(O)O[C@H](C(O)C2(N1)[C@@H]4O)C3(O)CO. The average molecular weight is 319 g/mol. The van der Waals surface area contributed by atoms with Crippen LogP contribution in [0.15, 0.2) is 4.99 Å². The van der Waals surface area contributed by atoms with Crippen LogP contribution in [0, 0.1) is 5.92 Å². The van der Waals surface area contributed by atoms with Crippen LogP contribution >= 0.6 is 0 Å². The smallest absolute Gasteiger partial charge is 0.311 e. The summed E-state index contributed by atoms with van der Waals surface area (Å²) in [6.07, 6.45) is -7.77. The van der Waals surface area contributed by atoms with Crippen LogP contribution in [0.25, 0.3) is 0 Å². The first-order chi connectivity index (χ1) is 10.2. The highest BCUT2D eigenvalue weighted by molar-refractivity contribution is 5.80. The Kier molecular flexibility index (Phi) is 2.57. The minimum absolute atomic E-state index is 0.250. The van der Waals surface area contributed by atoms with Gasteiger partial charge in [0.2, 0.25) is 0 Å². The van der Waals surface area contributed by atoms with Gasteiger partial charge >= 0.3 is 5.97 Å². The third-order valence-corrected chi connectivity index (χ3v) is 5.22. The number of hydrogen-bond donors (Lipinski definition) is 8. The number of nitrogens with two attached hydrogens (primary N) is 1. The quantitative estimate of drug-likeness (QED) is 0.231. The first-order valence-corrected chi connectivity index (χ1v) is 6.77. The molecule has 3 saturated heterocycles. The van der Waals surface area contributed by atoms with Gasteiger partial charge in [0, 0.05) is 0 Å². The van der Waals surface area contributed by atoms with Crippen LogP contribution in [-0.4, -0.2) is 91.0 Å². The van der Waals surface area contributed by atoms with Crippen LogP contribution in [0.3, 0.4) is 0 Å². The Morgan fingerprint density at radius 3 is 2.45 bits per heavy atom. The van der Waals surface area contributed by atoms with Gasteiger partial charge in [-0.1, -0.05) is 0 Å². The molecule has 0 amide bonds. The zero-order valence-electron chi connectivity index (χ0n) is 11.2. The largest absolute Gasteiger partial charge is 0.393 e. The van der Waals surface area contributed by atoms with E-state index >= 15 is 0 Å². The normalized spacial score (nSPS) is 62.4. The van der Waals surface area contributed by atoms with Crippen molar-refractivity contribution in [3.8, 4) is 0 Å². The van der Waals surface area contributed by atoms with Crippen molar-refractivity contribution in [2.24, 2.45) is 16.6 Å². The number of nitrogens with one attached hydrogen (secondary N) is 1. The molecule has 0 aromatic heterocycles. The number of aliphatic hydroxyl groups is 6. The molecule has 11 nitrogen and oxygen atoms in total. The first-order valence-electron chi connectivity index (χ1n) is 6.77. The monoisotopic (exact) mass is 319 g/mol. The highest BCUT2D eigenvalue weighted by atomic mass is 16.9. The molecule has 0 radical (unpaired) electrons. The molecule has 4 fully saturated rings. The molecule has 5 aliphatic rings. The standard InChI is InChI=1S/C11H17N3O8/c12-8-13-6(17)2-4-9(19,1-15)5-3(16)10(2,14-8)7(18)11(20,21-4)22-5/h2-7,15-20H,1H2,(H3,12,13,14)/t2?,3?,4?,5-,6-,7+,9?,10?,11+/m1/s1. The second kappa shape index (κ2) is 3.88. The number of guanidine groups is 1. The Labute approximate surface area is 123 Å². The van der Waals surface area contributed by atoms with Gasteiger partial charge < -0.3 is 51.2 Å². The van der Waals surface area contributed by atoms with Gasteiger partial charge in [0.25, 0.3) is 0 Å². The van der Waals surface area contributed by atoms with Gasteiger partial charge in [-0.2, -0.15) is 0 Å². The topological polar surface area (TPSA) is 190 Å². The molecule has 4 bridgehead atoms. The molecule has 22 heavy (non-hydrogen) atoms. The summed E-state index contributed by atoms with van der Waals surface area (Å²) in [6, 6.07) is 0. The first kappa shape index (κ1) is 14.5. The molecule has 9 atom stereocenters. The molecule has 5 unspecified atom stereocenters. The Hall–Kier alpha value is -1.05. The lowest BCUT2D eigenvalue weighted by atomic mass is 9.55. The number of hydrogen-bond acceptors (Lipinski definition) is 11. The zero-order chi connectivity index (χ0) is 16.1. The Bertz CT molecular complexity index is 561. The van der Waals surface area contributed by atoms with Crippen molar-refractivity contribution in [1.29, 1.82) is 0 Å². The highest BCUT2D eigenvalue weighted by Gasteiger charge is 2.82. The fourth-order valence-electron chi connectivity index (χ4n) is 4.24. The Morgan fingerprint density at radius 1 is 1.18 bits per heavy atom. The van der Waals surface area contributed by atoms with Gasteiger partial charge in [0.15, 0.2) is 18.3 Å². The molecule has 4 aliphatic heterocycles. The predicted molar refractivity (Wildman–Crippen MR) is 65.7 cm³/mol. The molecule has 0 aromatic carbocycles. The lowest BCUT2D eigenvalue weighted by Gasteiger charge is -2.71. The summed E-state index contributed by atoms with van der Waals surface area (Å²) in [4.78, 5) is 3.70. The van der Waals surface area contributed by atoms with Crippen molar-refractivity contribution < 1.29 is 40.1 Å². The van der Waals surface area contributed by atoms with E-state index in [9.17, 15) is 30.6 Å². The minimum atomic E-state index is -2.52. The second-order valence-corrected chi connectivity index (χ2v) is 6.22. The van der Waals surface area contributed by atoms with E-state index in [1.807, 2.05) is 0 Å². The summed E-state index contributed by atoms with van der Waals surface area (Å²) in [5.74, 6) is -3.95. The van der Waals surface area contributed by atoms with Crippen molar-refractivity contribution >= 4 is 5.96 Å². The maximum Gasteiger partial charge on any atom is 0.311 e. The predicted octanol–water partition coefficient (Wildman–Crippen LogP) is -5.52. The molecule has 0 aromatic rings. The highest BCUT2D eigenvalue weighted by Crippen LogP contribution is 2.58. The summed E-state index contributed by atoms with van der Waals surface area (Å²) in [5, 5.41) is 64.3. The lowest BCUT2D eigenvalue weighted by Crippen LogP contribution is -2.95. The third kappa shape index (κ3) is 1.28. The van der Waals surface area contributed by atoms with Crippen molar-refractivity contribution in [1.82, 2.24) is 5.32 Å². The second-order valence-electron chi connectivity index (χ2n) is 6.22. The summed E-state index contributed by atoms with van der Waals surface area (Å²) in [6.45, 7) is -0.857. The number of aliphatic hydroxyl groups excluding tert-OH is 4. The van der Waals surface area contributed by atoms with Gasteiger partial charge in [-0.25, -0.2) is 4.99 Å². The molecule has 9 N–H and O–H groups in total. The van der Waals surface area contributed by atoms with Crippen LogP contribution < -0.4 is 11.1 Å². The van der Waals surface area contributed by atoms with E-state index < -0.39 is 60.3 Å². The van der Waals surface area contributed by atoms with E-state index in [-0.39, 0.29) is 5.96 Å². The minimum Gasteiger partial charge on any atom is -0.393 e. The Balaban J connectivity index is 1.95. The van der Waals surface area contributed by atoms with Crippen molar-refractivity contribution in [2.45, 2.75) is 47.8 Å². The summed E-state index contributed by atoms with van der Waals surface area (Å²) >= 11 is 0. The maximum absolute atomic E-state index is 10.6. The van der Waals surface area contributed by atoms with Crippen LogP contribution in [0.4, 0.5) is 0 Å². The van der Waals surface area contributed by atoms with E-state index in [1.54, 1.807) is 0 Å². The van der Waals surface area contributed by atoms with E-state index in [4.69, 9.17) is 15.2 Å². The molecule has 5 rings (SSSR count). The van der Waals surface area contributed by atoms with Crippen molar-refractivity contribution in [3.63, 3.8) is 0 Å². The third-order valence-electron chi connectivity index (χ3n) is 5.22. The fraction of sp³-hybridized carbons (Fsp3) is 0.909. The fourth-order valence-corrected chi connectivity index (χ4v) is 4.24. The number of aliphatic imine (C=N–C) groups is 1. The Morgan fingerprint density at radius 2 is 1.82 bits per heavy atom. The molecular formula is C11H17N3O8. The van der Waals surface area contributed by atoms with Gasteiger partial charge in [0.05, 0.1) is 12.5 Å². The zero-order valence-corrected chi connectivity index (χ0v) is 11.2. The van der Waals surface area contributed by atoms with Gasteiger partial charge in [-0.3, -0.25) is 0 Å². The maximum atomic E-state index is 10.6. The molecular weight excluding hydrogens is 302 g/mol. The number of ether oxygens (including phenoxy) is 2.